The molecule has 5 nitrogen and oxygen atoms in total. The second kappa shape index (κ2) is 6.30. The van der Waals surface area contributed by atoms with Gasteiger partial charge in [-0.05, 0) is 55.8 Å². The normalized spacial score (nSPS) is 20.7. The molecule has 1 aromatic heterocycles. The van der Waals surface area contributed by atoms with Gasteiger partial charge in [-0.1, -0.05) is 6.07 Å². The zero-order valence-corrected chi connectivity index (χ0v) is 15.1. The van der Waals surface area contributed by atoms with E-state index in [2.05, 4.69) is 20.9 Å². The number of methoxy groups -OCH3 is 1. The Morgan fingerprint density at radius 1 is 1.32 bits per heavy atom. The summed E-state index contributed by atoms with van der Waals surface area (Å²) < 4.78 is 17.7. The van der Waals surface area contributed by atoms with Crippen LogP contribution < -0.4 is 0 Å². The van der Waals surface area contributed by atoms with Gasteiger partial charge in [0, 0.05) is 11.5 Å². The van der Waals surface area contributed by atoms with Crippen molar-refractivity contribution in [1.29, 1.82) is 0 Å². The highest BCUT2D eigenvalue weighted by Gasteiger charge is 2.54. The van der Waals surface area contributed by atoms with E-state index in [1.54, 1.807) is 0 Å². The van der Waals surface area contributed by atoms with Crippen LogP contribution >= 0.6 is 15.9 Å². The van der Waals surface area contributed by atoms with Gasteiger partial charge in [0.05, 0.1) is 24.7 Å². The molecule has 1 aromatic rings. The van der Waals surface area contributed by atoms with Crippen LogP contribution in [0.3, 0.4) is 0 Å². The summed E-state index contributed by atoms with van der Waals surface area (Å²) in [4.78, 5) is 16.2. The molecule has 0 N–H and O–H groups in total. The Hall–Kier alpha value is -0.915. The van der Waals surface area contributed by atoms with Crippen molar-refractivity contribution in [2.24, 2.45) is 0 Å². The number of hydrogen-bond acceptors (Lipinski definition) is 5. The zero-order valence-electron chi connectivity index (χ0n) is 13.6. The highest BCUT2D eigenvalue weighted by atomic mass is 79.9. The Kier molecular flexibility index (Phi) is 4.99. The van der Waals surface area contributed by atoms with Gasteiger partial charge >= 0.3 is 13.1 Å². The van der Waals surface area contributed by atoms with Crippen LogP contribution in [0.15, 0.2) is 22.8 Å². The molecule has 2 heterocycles. The topological polar surface area (TPSA) is 57.7 Å². The maximum absolute atomic E-state index is 11.8. The Morgan fingerprint density at radius 3 is 2.41 bits per heavy atom. The Bertz CT molecular complexity index is 548. The average molecular weight is 370 g/mol. The molecule has 1 unspecified atom stereocenters. The third-order valence-electron chi connectivity index (χ3n) is 4.33. The molecule has 1 aliphatic rings. The molecule has 0 saturated carbocycles. The summed E-state index contributed by atoms with van der Waals surface area (Å²) in [5.41, 5.74) is -0.186. The van der Waals surface area contributed by atoms with E-state index in [0.717, 1.165) is 5.69 Å². The highest BCUT2D eigenvalue weighted by molar-refractivity contribution is 9.10. The first-order valence-corrected chi connectivity index (χ1v) is 8.00. The number of halogens is 1. The van der Waals surface area contributed by atoms with Crippen molar-refractivity contribution in [2.75, 3.05) is 7.11 Å². The van der Waals surface area contributed by atoms with Crippen molar-refractivity contribution in [2.45, 2.75) is 51.1 Å². The van der Waals surface area contributed by atoms with Gasteiger partial charge < -0.3 is 14.0 Å². The number of nitrogens with zero attached hydrogens (tertiary/aromatic N) is 1. The van der Waals surface area contributed by atoms with Gasteiger partial charge in [-0.2, -0.15) is 0 Å². The van der Waals surface area contributed by atoms with E-state index < -0.39 is 18.3 Å². The van der Waals surface area contributed by atoms with E-state index in [1.807, 2.05) is 45.9 Å². The third kappa shape index (κ3) is 3.52. The standard InChI is InChI=1S/C15H21BBrNO4/c1-14(2)15(3,4)22-16(21-14)10(9-13(19)20-5)11-7-6-8-12(17)18-11/h6-8,10H,9H2,1-5H3. The van der Waals surface area contributed by atoms with Crippen LogP contribution in [0.2, 0.25) is 0 Å². The quantitative estimate of drug-likeness (QED) is 0.463. The molecule has 1 fully saturated rings. The first-order chi connectivity index (χ1) is 10.2. The molecular formula is C15H21BBrNO4. The molecule has 7 heteroatoms. The van der Waals surface area contributed by atoms with Crippen molar-refractivity contribution in [3.63, 3.8) is 0 Å². The van der Waals surface area contributed by atoms with E-state index in [9.17, 15) is 4.79 Å². The lowest BCUT2D eigenvalue weighted by molar-refractivity contribution is -0.140. The summed E-state index contributed by atoms with van der Waals surface area (Å²) in [6, 6.07) is 5.58. The molecule has 0 aromatic carbocycles. The molecule has 1 atom stereocenters. The predicted molar refractivity (Wildman–Crippen MR) is 87.4 cm³/mol. The lowest BCUT2D eigenvalue weighted by Gasteiger charge is -2.32. The van der Waals surface area contributed by atoms with E-state index in [1.165, 1.54) is 7.11 Å². The molecule has 1 saturated heterocycles. The van der Waals surface area contributed by atoms with Gasteiger partial charge in [0.1, 0.15) is 4.60 Å². The second-order valence-electron chi connectivity index (χ2n) is 6.40. The fourth-order valence-corrected chi connectivity index (χ4v) is 2.64. The minimum absolute atomic E-state index is 0.150. The largest absolute Gasteiger partial charge is 0.469 e. The fraction of sp³-hybridized carbons (Fsp3) is 0.600. The Balaban J connectivity index is 2.32. The van der Waals surface area contributed by atoms with Crippen molar-refractivity contribution >= 4 is 29.0 Å². The lowest BCUT2D eigenvalue weighted by atomic mass is 9.68. The van der Waals surface area contributed by atoms with E-state index in [4.69, 9.17) is 14.0 Å². The molecule has 22 heavy (non-hydrogen) atoms. The smallest absolute Gasteiger partial charge is 0.468 e. The number of ether oxygens (including phenoxy) is 1. The lowest BCUT2D eigenvalue weighted by Crippen LogP contribution is -2.41. The van der Waals surface area contributed by atoms with Crippen LogP contribution in [0, 0.1) is 0 Å². The van der Waals surface area contributed by atoms with E-state index >= 15 is 0 Å². The monoisotopic (exact) mass is 369 g/mol. The molecule has 120 valence electrons. The molecular weight excluding hydrogens is 349 g/mol. The van der Waals surface area contributed by atoms with Gasteiger partial charge in [-0.15, -0.1) is 0 Å². The first kappa shape index (κ1) is 17.4. The molecule has 1 aliphatic heterocycles. The third-order valence-corrected chi connectivity index (χ3v) is 4.77. The van der Waals surface area contributed by atoms with E-state index in [0.29, 0.717) is 4.60 Å². The molecule has 0 bridgehead atoms. The summed E-state index contributed by atoms with van der Waals surface area (Å²) in [5.74, 6) is -0.646. The minimum Gasteiger partial charge on any atom is -0.469 e. The van der Waals surface area contributed by atoms with Gasteiger partial charge in [0.15, 0.2) is 0 Å². The zero-order chi connectivity index (χ0) is 16.5. The molecule has 0 radical (unpaired) electrons. The summed E-state index contributed by atoms with van der Waals surface area (Å²) in [7, 11) is 0.823. The van der Waals surface area contributed by atoms with Gasteiger partial charge in [0.2, 0.25) is 0 Å². The van der Waals surface area contributed by atoms with Gasteiger partial charge in [0.25, 0.3) is 0 Å². The molecule has 2 rings (SSSR count). The maximum Gasteiger partial charge on any atom is 0.468 e. The van der Waals surface area contributed by atoms with Crippen LogP contribution in [-0.2, 0) is 18.8 Å². The van der Waals surface area contributed by atoms with Crippen LogP contribution in [0.25, 0.3) is 0 Å². The number of rotatable bonds is 4. The van der Waals surface area contributed by atoms with Crippen molar-refractivity contribution in [1.82, 2.24) is 4.98 Å². The Labute approximate surface area is 140 Å². The number of esters is 1. The van der Waals surface area contributed by atoms with Crippen molar-refractivity contribution < 1.29 is 18.8 Å². The predicted octanol–water partition coefficient (Wildman–Crippen LogP) is 3.12. The highest BCUT2D eigenvalue weighted by Crippen LogP contribution is 2.41. The van der Waals surface area contributed by atoms with Crippen molar-refractivity contribution in [3.8, 4) is 0 Å². The number of aromatic nitrogens is 1. The summed E-state index contributed by atoms with van der Waals surface area (Å²) in [5, 5.41) is 0. The number of pyridine rings is 1. The van der Waals surface area contributed by atoms with Crippen LogP contribution in [0.1, 0.15) is 45.6 Å². The average Bonchev–Trinajstić information content (AvgIpc) is 2.64. The Morgan fingerprint density at radius 2 is 1.91 bits per heavy atom. The molecule has 0 spiro atoms. The van der Waals surface area contributed by atoms with Gasteiger partial charge in [-0.25, -0.2) is 4.98 Å². The molecule has 0 aliphatic carbocycles. The maximum atomic E-state index is 11.8. The molecule has 0 amide bonds. The van der Waals surface area contributed by atoms with Crippen LogP contribution in [0.5, 0.6) is 0 Å². The van der Waals surface area contributed by atoms with Crippen molar-refractivity contribution in [3.05, 3.63) is 28.5 Å². The SMILES string of the molecule is COC(=O)CC(B1OC(C)(C)C(C)(C)O1)c1cccc(Br)n1. The summed E-state index contributed by atoms with van der Waals surface area (Å²) in [6.07, 6.45) is 0.150. The van der Waals surface area contributed by atoms with E-state index in [-0.39, 0.29) is 18.2 Å². The summed E-state index contributed by atoms with van der Waals surface area (Å²) >= 11 is 3.36. The first-order valence-electron chi connectivity index (χ1n) is 7.21. The summed E-state index contributed by atoms with van der Waals surface area (Å²) in [6.45, 7) is 7.93. The number of carbonyl (C=O) groups excluding carboxylic acids is 1. The minimum atomic E-state index is -0.550. The fourth-order valence-electron chi connectivity index (χ4n) is 2.29. The van der Waals surface area contributed by atoms with Gasteiger partial charge in [-0.3, -0.25) is 4.79 Å². The number of hydrogen-bond donors (Lipinski definition) is 0. The van der Waals surface area contributed by atoms with Crippen LogP contribution in [0.4, 0.5) is 0 Å². The van der Waals surface area contributed by atoms with Crippen LogP contribution in [-0.4, -0.2) is 36.4 Å². The second-order valence-corrected chi connectivity index (χ2v) is 7.21. The number of carbonyl (C=O) groups is 1.